The second kappa shape index (κ2) is 9.33. The summed E-state index contributed by atoms with van der Waals surface area (Å²) in [6.07, 6.45) is 5.36. The molecule has 0 spiro atoms. The standard InChI is InChI=1S/C24H37NO4SSi/c1-9-19-17-22(30(27,28)20-14-12-18(2)13-15-20)21(11-10-16-31(6,7)8)25(19)23(26)29-24(3,4)5/h9-15,19,21-22H,1,16-17H2,2-8H3/b11-10+/t19-,21+,22+/m0/s1. The molecule has 0 N–H and O–H groups in total. The number of benzene rings is 1. The van der Waals surface area contributed by atoms with Gasteiger partial charge >= 0.3 is 6.09 Å². The third-order valence-corrected chi connectivity index (χ3v) is 8.88. The first-order valence-corrected chi connectivity index (χ1v) is 16.0. The van der Waals surface area contributed by atoms with Crippen LogP contribution in [0.1, 0.15) is 32.8 Å². The fraction of sp³-hybridized carbons (Fsp3) is 0.542. The predicted octanol–water partition coefficient (Wildman–Crippen LogP) is 5.60. The summed E-state index contributed by atoms with van der Waals surface area (Å²) in [4.78, 5) is 14.9. The second-order valence-corrected chi connectivity index (χ2v) is 18.2. The number of likely N-dealkylation sites (tertiary alicyclic amines) is 1. The molecule has 0 unspecified atom stereocenters. The number of aryl methyl sites for hydroxylation is 1. The largest absolute Gasteiger partial charge is 0.444 e. The molecule has 1 amide bonds. The molecule has 172 valence electrons. The van der Waals surface area contributed by atoms with E-state index >= 15 is 0 Å². The van der Waals surface area contributed by atoms with E-state index in [1.807, 2.05) is 19.1 Å². The van der Waals surface area contributed by atoms with E-state index in [9.17, 15) is 13.2 Å². The third-order valence-electron chi connectivity index (χ3n) is 5.22. The van der Waals surface area contributed by atoms with Gasteiger partial charge in [0.15, 0.2) is 9.84 Å². The molecule has 1 aliphatic rings. The van der Waals surface area contributed by atoms with Gasteiger partial charge in [-0.05, 0) is 52.3 Å². The van der Waals surface area contributed by atoms with Gasteiger partial charge in [0.1, 0.15) is 5.60 Å². The lowest BCUT2D eigenvalue weighted by Crippen LogP contribution is -2.45. The van der Waals surface area contributed by atoms with Gasteiger partial charge in [0.25, 0.3) is 0 Å². The number of hydrogen-bond donors (Lipinski definition) is 0. The summed E-state index contributed by atoms with van der Waals surface area (Å²) < 4.78 is 32.8. The molecule has 7 heteroatoms. The number of carbonyl (C=O) groups is 1. The number of ether oxygens (including phenoxy) is 1. The van der Waals surface area contributed by atoms with Gasteiger partial charge in [-0.25, -0.2) is 13.2 Å². The van der Waals surface area contributed by atoms with Crippen molar-refractivity contribution >= 4 is 24.0 Å². The van der Waals surface area contributed by atoms with Crippen LogP contribution in [0.15, 0.2) is 54.0 Å². The summed E-state index contributed by atoms with van der Waals surface area (Å²) in [5.74, 6) is 0. The van der Waals surface area contributed by atoms with Crippen molar-refractivity contribution in [2.24, 2.45) is 0 Å². The lowest BCUT2D eigenvalue weighted by molar-refractivity contribution is 0.0213. The average molecular weight is 464 g/mol. The maximum atomic E-state index is 13.6. The fourth-order valence-corrected chi connectivity index (χ4v) is 6.41. The molecule has 1 aliphatic heterocycles. The Balaban J connectivity index is 2.50. The first-order chi connectivity index (χ1) is 14.2. The molecule has 3 atom stereocenters. The van der Waals surface area contributed by atoms with Crippen LogP contribution in [0.4, 0.5) is 4.79 Å². The molecule has 0 saturated carbocycles. The highest BCUT2D eigenvalue weighted by molar-refractivity contribution is 7.92. The Morgan fingerprint density at radius 1 is 1.23 bits per heavy atom. The van der Waals surface area contributed by atoms with Crippen LogP contribution in [0.2, 0.25) is 25.7 Å². The van der Waals surface area contributed by atoms with E-state index in [2.05, 4.69) is 26.2 Å². The fourth-order valence-electron chi connectivity index (χ4n) is 3.66. The van der Waals surface area contributed by atoms with Crippen molar-refractivity contribution in [3.63, 3.8) is 0 Å². The predicted molar refractivity (Wildman–Crippen MR) is 130 cm³/mol. The van der Waals surface area contributed by atoms with Crippen molar-refractivity contribution in [2.75, 3.05) is 0 Å². The van der Waals surface area contributed by atoms with Gasteiger partial charge in [-0.1, -0.05) is 55.6 Å². The number of nitrogens with zero attached hydrogens (tertiary/aromatic N) is 1. The summed E-state index contributed by atoms with van der Waals surface area (Å²) in [7, 11) is -5.03. The monoisotopic (exact) mass is 463 g/mol. The van der Waals surface area contributed by atoms with Crippen molar-refractivity contribution < 1.29 is 17.9 Å². The van der Waals surface area contributed by atoms with Crippen LogP contribution in [0.5, 0.6) is 0 Å². The minimum atomic E-state index is -3.66. The number of carbonyl (C=O) groups excluding carboxylic acids is 1. The molecule has 0 radical (unpaired) electrons. The molecule has 0 bridgehead atoms. The van der Waals surface area contributed by atoms with E-state index in [1.54, 1.807) is 56.0 Å². The Bertz CT molecular complexity index is 924. The molecule has 1 aromatic rings. The Labute approximate surface area is 189 Å². The topological polar surface area (TPSA) is 63.7 Å². The maximum absolute atomic E-state index is 13.6. The zero-order chi connectivity index (χ0) is 23.6. The zero-order valence-electron chi connectivity index (χ0n) is 19.9. The second-order valence-electron chi connectivity index (χ2n) is 10.5. The van der Waals surface area contributed by atoms with Crippen LogP contribution in [0, 0.1) is 6.92 Å². The van der Waals surface area contributed by atoms with Crippen LogP contribution in [-0.2, 0) is 14.6 Å². The molecular weight excluding hydrogens is 426 g/mol. The number of amides is 1. The van der Waals surface area contributed by atoms with Crippen molar-refractivity contribution in [1.82, 2.24) is 4.90 Å². The molecule has 1 saturated heterocycles. The van der Waals surface area contributed by atoms with Crippen LogP contribution in [0.25, 0.3) is 0 Å². The van der Waals surface area contributed by atoms with E-state index in [1.165, 1.54) is 0 Å². The highest BCUT2D eigenvalue weighted by Crippen LogP contribution is 2.36. The molecule has 0 aromatic heterocycles. The molecule has 31 heavy (non-hydrogen) atoms. The van der Waals surface area contributed by atoms with Gasteiger partial charge < -0.3 is 4.74 Å². The Morgan fingerprint density at radius 3 is 2.29 bits per heavy atom. The summed E-state index contributed by atoms with van der Waals surface area (Å²) in [5.41, 5.74) is 0.319. The van der Waals surface area contributed by atoms with E-state index in [0.29, 0.717) is 6.42 Å². The summed E-state index contributed by atoms with van der Waals surface area (Å²) >= 11 is 0. The molecule has 2 rings (SSSR count). The molecule has 0 aliphatic carbocycles. The van der Waals surface area contributed by atoms with E-state index in [4.69, 9.17) is 4.74 Å². The van der Waals surface area contributed by atoms with Crippen molar-refractivity contribution in [2.45, 2.75) is 87.6 Å². The van der Waals surface area contributed by atoms with E-state index < -0.39 is 46.9 Å². The average Bonchev–Trinajstić information content (AvgIpc) is 2.99. The van der Waals surface area contributed by atoms with Gasteiger partial charge in [0.05, 0.1) is 22.2 Å². The maximum Gasteiger partial charge on any atom is 0.411 e. The first kappa shape index (κ1) is 25.4. The Kier molecular flexibility index (Phi) is 7.64. The molecule has 1 aromatic carbocycles. The smallest absolute Gasteiger partial charge is 0.411 e. The Morgan fingerprint density at radius 2 is 1.81 bits per heavy atom. The third kappa shape index (κ3) is 6.56. The minimum Gasteiger partial charge on any atom is -0.444 e. The van der Waals surface area contributed by atoms with Gasteiger partial charge in [0.2, 0.25) is 0 Å². The summed E-state index contributed by atoms with van der Waals surface area (Å²) in [6, 6.07) is 6.77. The lowest BCUT2D eigenvalue weighted by atomic mass is 10.2. The minimum absolute atomic E-state index is 0.278. The highest BCUT2D eigenvalue weighted by atomic mass is 32.2. The van der Waals surface area contributed by atoms with Crippen LogP contribution >= 0.6 is 0 Å². The summed E-state index contributed by atoms with van der Waals surface area (Å²) in [6.45, 7) is 18.0. The molecule has 1 fully saturated rings. The lowest BCUT2D eigenvalue weighted by Gasteiger charge is -2.31. The van der Waals surface area contributed by atoms with Crippen LogP contribution < -0.4 is 0 Å². The SMILES string of the molecule is C=C[C@H]1C[C@@H](S(=O)(=O)c2ccc(C)cc2)[C@@H](/C=C/C[Si](C)(C)C)N1C(=O)OC(C)(C)C. The number of rotatable bonds is 6. The quantitative estimate of drug-likeness (QED) is 0.407. The zero-order valence-corrected chi connectivity index (χ0v) is 21.7. The van der Waals surface area contributed by atoms with Crippen LogP contribution in [-0.4, -0.2) is 50.4 Å². The van der Waals surface area contributed by atoms with Gasteiger partial charge in [-0.15, -0.1) is 6.58 Å². The van der Waals surface area contributed by atoms with Crippen molar-refractivity contribution in [3.8, 4) is 0 Å². The van der Waals surface area contributed by atoms with Gasteiger partial charge in [-0.3, -0.25) is 4.90 Å². The number of hydrogen-bond acceptors (Lipinski definition) is 4. The number of allylic oxidation sites excluding steroid dienone is 1. The van der Waals surface area contributed by atoms with E-state index in [-0.39, 0.29) is 4.90 Å². The van der Waals surface area contributed by atoms with Gasteiger partial charge in [-0.2, -0.15) is 0 Å². The number of sulfone groups is 1. The van der Waals surface area contributed by atoms with E-state index in [0.717, 1.165) is 11.6 Å². The first-order valence-electron chi connectivity index (χ1n) is 10.8. The molecular formula is C24H37NO4SSi. The van der Waals surface area contributed by atoms with Crippen molar-refractivity contribution in [3.05, 3.63) is 54.6 Å². The molecule has 5 nitrogen and oxygen atoms in total. The normalized spacial score (nSPS) is 22.7. The van der Waals surface area contributed by atoms with Gasteiger partial charge in [0, 0.05) is 8.07 Å². The Hall–Kier alpha value is -1.86. The molecule has 1 heterocycles. The highest BCUT2D eigenvalue weighted by Gasteiger charge is 2.49. The van der Waals surface area contributed by atoms with Crippen LogP contribution in [0.3, 0.4) is 0 Å². The van der Waals surface area contributed by atoms with Crippen molar-refractivity contribution in [1.29, 1.82) is 0 Å². The summed E-state index contributed by atoms with van der Waals surface area (Å²) in [5, 5.41) is -0.761.